The number of thiazole rings is 1. The lowest BCUT2D eigenvalue weighted by molar-refractivity contribution is 0.407. The molecular weight excluding hydrogens is 332 g/mol. The number of hydrogen-bond donors (Lipinski definition) is 1. The van der Waals surface area contributed by atoms with Crippen LogP contribution in [0.2, 0.25) is 0 Å². The predicted molar refractivity (Wildman–Crippen MR) is 92.9 cm³/mol. The van der Waals surface area contributed by atoms with Crippen molar-refractivity contribution in [1.29, 1.82) is 0 Å². The fourth-order valence-corrected chi connectivity index (χ4v) is 3.24. The van der Waals surface area contributed by atoms with E-state index in [9.17, 15) is 5.11 Å². The van der Waals surface area contributed by atoms with Gasteiger partial charge in [0.15, 0.2) is 3.95 Å². The van der Waals surface area contributed by atoms with Gasteiger partial charge in [-0.25, -0.2) is 0 Å². The normalized spacial score (nSPS) is 11.2. The highest BCUT2D eigenvalue weighted by atomic mass is 32.1. The van der Waals surface area contributed by atoms with Gasteiger partial charge in [0.05, 0.1) is 26.1 Å². The number of nitrogens with zero attached hydrogens (tertiary/aromatic N) is 2. The molecule has 3 aromatic rings. The Hall–Kier alpha value is -2.38. The fourth-order valence-electron chi connectivity index (χ4n) is 2.06. The first kappa shape index (κ1) is 15.5. The largest absolute Gasteiger partial charge is 0.494 e. The molecule has 0 aliphatic rings. The van der Waals surface area contributed by atoms with Crippen LogP contribution in [0.1, 0.15) is 10.6 Å². The van der Waals surface area contributed by atoms with E-state index in [2.05, 4.69) is 4.99 Å². The smallest absolute Gasteiger partial charge is 0.212 e. The summed E-state index contributed by atoms with van der Waals surface area (Å²) in [5.74, 6) is 1.47. The van der Waals surface area contributed by atoms with Gasteiger partial charge in [-0.1, -0.05) is 23.5 Å². The number of aromatic nitrogens is 1. The van der Waals surface area contributed by atoms with Gasteiger partial charge in [0.2, 0.25) is 5.88 Å². The number of benzene rings is 1. The Labute approximate surface area is 142 Å². The average Bonchev–Trinajstić information content (AvgIpc) is 3.17. The van der Waals surface area contributed by atoms with Gasteiger partial charge in [0.25, 0.3) is 0 Å². The zero-order valence-electron chi connectivity index (χ0n) is 12.3. The van der Waals surface area contributed by atoms with E-state index in [4.69, 9.17) is 21.4 Å². The second-order valence-electron chi connectivity index (χ2n) is 4.65. The van der Waals surface area contributed by atoms with Gasteiger partial charge in [-0.2, -0.15) is 0 Å². The number of hydrogen-bond acceptors (Lipinski definition) is 6. The third-order valence-electron chi connectivity index (χ3n) is 3.19. The molecule has 1 N–H and O–H groups in total. The fraction of sp³-hybridized carbons (Fsp3) is 0.125. The van der Waals surface area contributed by atoms with Crippen molar-refractivity contribution in [3.8, 4) is 11.6 Å². The molecule has 0 saturated carbocycles. The molecule has 0 saturated heterocycles. The van der Waals surface area contributed by atoms with Crippen molar-refractivity contribution in [3.05, 3.63) is 57.3 Å². The van der Waals surface area contributed by atoms with Gasteiger partial charge in [-0.15, -0.1) is 0 Å². The Morgan fingerprint density at radius 3 is 2.91 bits per heavy atom. The second kappa shape index (κ2) is 6.80. The minimum absolute atomic E-state index is 0.0787. The van der Waals surface area contributed by atoms with Crippen molar-refractivity contribution < 1.29 is 14.3 Å². The van der Waals surface area contributed by atoms with Crippen molar-refractivity contribution in [2.24, 2.45) is 4.99 Å². The maximum absolute atomic E-state index is 10.4. The van der Waals surface area contributed by atoms with Gasteiger partial charge in [-0.05, 0) is 36.5 Å². The molecule has 2 heterocycles. The maximum atomic E-state index is 10.4. The highest BCUT2D eigenvalue weighted by Crippen LogP contribution is 2.29. The van der Waals surface area contributed by atoms with Crippen LogP contribution in [0.5, 0.6) is 11.6 Å². The minimum Gasteiger partial charge on any atom is -0.494 e. The number of ether oxygens (including phenoxy) is 1. The molecule has 23 heavy (non-hydrogen) atoms. The van der Waals surface area contributed by atoms with E-state index in [0.29, 0.717) is 26.8 Å². The minimum atomic E-state index is 0.0787. The van der Waals surface area contributed by atoms with Crippen LogP contribution < -0.4 is 4.74 Å². The molecule has 0 unspecified atom stereocenters. The molecule has 7 heteroatoms. The molecule has 0 radical (unpaired) electrons. The summed E-state index contributed by atoms with van der Waals surface area (Å²) in [7, 11) is 1.59. The summed E-state index contributed by atoms with van der Waals surface area (Å²) in [4.78, 5) is 4.97. The molecule has 0 fully saturated rings. The highest BCUT2D eigenvalue weighted by Gasteiger charge is 2.12. The van der Waals surface area contributed by atoms with E-state index < -0.39 is 0 Å². The van der Waals surface area contributed by atoms with E-state index in [1.54, 1.807) is 30.2 Å². The molecule has 5 nitrogen and oxygen atoms in total. The molecular formula is C16H14N2O3S2. The zero-order chi connectivity index (χ0) is 16.2. The van der Waals surface area contributed by atoms with Crippen LogP contribution in [0.3, 0.4) is 0 Å². The van der Waals surface area contributed by atoms with E-state index in [0.717, 1.165) is 5.76 Å². The lowest BCUT2D eigenvalue weighted by Gasteiger charge is -2.03. The van der Waals surface area contributed by atoms with Gasteiger partial charge >= 0.3 is 0 Å². The zero-order valence-corrected chi connectivity index (χ0v) is 13.9. The number of methoxy groups -OCH3 is 1. The SMILES string of the molecule is COc1ccccc1N=Cc1sc(=S)n(Cc2ccco2)c1O. The van der Waals surface area contributed by atoms with Crippen LogP contribution in [0.4, 0.5) is 5.69 Å². The van der Waals surface area contributed by atoms with E-state index in [1.165, 1.54) is 11.3 Å². The molecule has 1 aromatic carbocycles. The molecule has 0 aliphatic heterocycles. The summed E-state index contributed by atoms with van der Waals surface area (Å²) >= 11 is 6.60. The van der Waals surface area contributed by atoms with E-state index in [1.807, 2.05) is 30.3 Å². The molecule has 3 rings (SSSR count). The number of aliphatic imine (C=N–C) groups is 1. The summed E-state index contributed by atoms with van der Waals surface area (Å²) in [6, 6.07) is 11.0. The van der Waals surface area contributed by atoms with E-state index >= 15 is 0 Å². The van der Waals surface area contributed by atoms with E-state index in [-0.39, 0.29) is 5.88 Å². The molecule has 0 spiro atoms. The van der Waals surface area contributed by atoms with Crippen molar-refractivity contribution >= 4 is 35.5 Å². The summed E-state index contributed by atoms with van der Waals surface area (Å²) in [5, 5.41) is 10.4. The summed E-state index contributed by atoms with van der Waals surface area (Å²) < 4.78 is 12.7. The average molecular weight is 346 g/mol. The van der Waals surface area contributed by atoms with Crippen LogP contribution in [0.15, 0.2) is 52.1 Å². The number of aromatic hydroxyl groups is 1. The van der Waals surface area contributed by atoms with Crippen molar-refractivity contribution in [3.63, 3.8) is 0 Å². The molecule has 0 aliphatic carbocycles. The van der Waals surface area contributed by atoms with Crippen LogP contribution in [0.25, 0.3) is 0 Å². The topological polar surface area (TPSA) is 59.9 Å². The third-order valence-corrected chi connectivity index (χ3v) is 4.57. The van der Waals surface area contributed by atoms with Crippen molar-refractivity contribution in [2.45, 2.75) is 6.54 Å². The third kappa shape index (κ3) is 3.35. The van der Waals surface area contributed by atoms with Crippen molar-refractivity contribution in [1.82, 2.24) is 4.57 Å². The highest BCUT2D eigenvalue weighted by molar-refractivity contribution is 7.73. The van der Waals surface area contributed by atoms with Crippen LogP contribution in [0, 0.1) is 3.95 Å². The van der Waals surface area contributed by atoms with Crippen molar-refractivity contribution in [2.75, 3.05) is 7.11 Å². The maximum Gasteiger partial charge on any atom is 0.212 e. The number of para-hydroxylation sites is 2. The number of rotatable bonds is 5. The molecule has 118 valence electrons. The summed E-state index contributed by atoms with van der Waals surface area (Å²) in [5.41, 5.74) is 0.686. The quantitative estimate of drug-likeness (QED) is 0.550. The Morgan fingerprint density at radius 1 is 1.35 bits per heavy atom. The Kier molecular flexibility index (Phi) is 4.59. The molecule has 0 amide bonds. The molecule has 2 aromatic heterocycles. The van der Waals surface area contributed by atoms with Gasteiger partial charge < -0.3 is 14.3 Å². The lowest BCUT2D eigenvalue weighted by Crippen LogP contribution is -1.97. The second-order valence-corrected chi connectivity index (χ2v) is 6.33. The molecule has 0 atom stereocenters. The lowest BCUT2D eigenvalue weighted by atomic mass is 10.3. The van der Waals surface area contributed by atoms with Gasteiger partial charge in [0.1, 0.15) is 22.1 Å². The standard InChI is InChI=1S/C16H14N2O3S2/c1-20-13-7-3-2-6-12(13)17-9-14-15(19)18(16(22)23-14)10-11-5-4-8-21-11/h2-9,19H,10H2,1H3. The summed E-state index contributed by atoms with van der Waals surface area (Å²) in [6.07, 6.45) is 3.18. The van der Waals surface area contributed by atoms with Crippen LogP contribution in [-0.4, -0.2) is 23.0 Å². The Bertz CT molecular complexity index is 879. The summed E-state index contributed by atoms with van der Waals surface area (Å²) in [6.45, 7) is 0.386. The first-order valence-electron chi connectivity index (χ1n) is 6.81. The molecule has 0 bridgehead atoms. The predicted octanol–water partition coefficient (Wildman–Crippen LogP) is 4.39. The Balaban J connectivity index is 1.89. The van der Waals surface area contributed by atoms with Crippen LogP contribution >= 0.6 is 23.6 Å². The first-order valence-corrected chi connectivity index (χ1v) is 8.03. The van der Waals surface area contributed by atoms with Gasteiger partial charge in [0, 0.05) is 0 Å². The first-order chi connectivity index (χ1) is 11.2. The Morgan fingerprint density at radius 2 is 2.17 bits per heavy atom. The number of furan rings is 1. The van der Waals surface area contributed by atoms with Gasteiger partial charge in [-0.3, -0.25) is 9.56 Å². The monoisotopic (exact) mass is 346 g/mol. The van der Waals surface area contributed by atoms with Crippen LogP contribution in [-0.2, 0) is 6.54 Å².